The second-order valence-corrected chi connectivity index (χ2v) is 5.10. The molecule has 0 saturated heterocycles. The molecule has 0 saturated carbocycles. The first-order valence-corrected chi connectivity index (χ1v) is 7.05. The van der Waals surface area contributed by atoms with Crippen LogP contribution in [0.4, 0.5) is 5.69 Å². The molecule has 0 atom stereocenters. The summed E-state index contributed by atoms with van der Waals surface area (Å²) >= 11 is 0. The molecule has 2 aromatic rings. The number of aryl methyl sites for hydroxylation is 1. The van der Waals surface area contributed by atoms with Crippen LogP contribution in [0.15, 0.2) is 36.5 Å². The standard InChI is InChI=1S/C17H15N3O4/c1-11(21)13-7-15(20(2)9-13)17(23)24-10-16(22)19-14-5-3-4-12(6-14)8-18/h3-7,9H,10H2,1-2H3,(H,19,22). The lowest BCUT2D eigenvalue weighted by Crippen LogP contribution is -2.21. The van der Waals surface area contributed by atoms with E-state index >= 15 is 0 Å². The average molecular weight is 325 g/mol. The van der Waals surface area contributed by atoms with Crippen LogP contribution in [-0.2, 0) is 16.6 Å². The van der Waals surface area contributed by atoms with Crippen LogP contribution in [0, 0.1) is 11.3 Å². The van der Waals surface area contributed by atoms with Gasteiger partial charge in [0.25, 0.3) is 5.91 Å². The van der Waals surface area contributed by atoms with E-state index < -0.39 is 18.5 Å². The topological polar surface area (TPSA) is 101 Å². The zero-order valence-electron chi connectivity index (χ0n) is 13.2. The van der Waals surface area contributed by atoms with Crippen LogP contribution in [0.5, 0.6) is 0 Å². The van der Waals surface area contributed by atoms with E-state index in [9.17, 15) is 14.4 Å². The van der Waals surface area contributed by atoms with Crippen molar-refractivity contribution < 1.29 is 19.1 Å². The van der Waals surface area contributed by atoms with E-state index in [1.807, 2.05) is 6.07 Å². The molecule has 1 heterocycles. The normalized spacial score (nSPS) is 9.88. The predicted molar refractivity (Wildman–Crippen MR) is 85.5 cm³/mol. The minimum Gasteiger partial charge on any atom is -0.451 e. The molecule has 0 unspecified atom stereocenters. The van der Waals surface area contributed by atoms with Crippen molar-refractivity contribution in [2.75, 3.05) is 11.9 Å². The third kappa shape index (κ3) is 4.08. The van der Waals surface area contributed by atoms with Gasteiger partial charge in [0, 0.05) is 24.5 Å². The number of hydrogen-bond acceptors (Lipinski definition) is 5. The molecule has 24 heavy (non-hydrogen) atoms. The molecule has 1 aromatic heterocycles. The van der Waals surface area contributed by atoms with Gasteiger partial charge in [0.2, 0.25) is 0 Å². The highest BCUT2D eigenvalue weighted by Gasteiger charge is 2.16. The van der Waals surface area contributed by atoms with Gasteiger partial charge in [0.05, 0.1) is 11.6 Å². The molecule has 0 bridgehead atoms. The molecule has 1 N–H and O–H groups in total. The van der Waals surface area contributed by atoms with Gasteiger partial charge in [-0.05, 0) is 31.2 Å². The van der Waals surface area contributed by atoms with Gasteiger partial charge in [0.15, 0.2) is 12.4 Å². The number of ketones is 1. The van der Waals surface area contributed by atoms with Crippen molar-refractivity contribution in [1.29, 1.82) is 5.26 Å². The van der Waals surface area contributed by atoms with Gasteiger partial charge in [-0.3, -0.25) is 9.59 Å². The highest BCUT2D eigenvalue weighted by atomic mass is 16.5. The average Bonchev–Trinajstić information content (AvgIpc) is 2.95. The summed E-state index contributed by atoms with van der Waals surface area (Å²) in [4.78, 5) is 35.1. The Balaban J connectivity index is 1.95. The van der Waals surface area contributed by atoms with Crippen molar-refractivity contribution >= 4 is 23.3 Å². The zero-order valence-corrected chi connectivity index (χ0v) is 13.2. The number of nitrogens with zero attached hydrogens (tertiary/aromatic N) is 2. The Bertz CT molecular complexity index is 846. The molecule has 2 rings (SSSR count). The number of benzene rings is 1. The second-order valence-electron chi connectivity index (χ2n) is 5.10. The number of carbonyl (C=O) groups excluding carboxylic acids is 3. The van der Waals surface area contributed by atoms with Crippen molar-refractivity contribution in [3.63, 3.8) is 0 Å². The van der Waals surface area contributed by atoms with E-state index in [1.165, 1.54) is 29.8 Å². The van der Waals surface area contributed by atoms with Crippen LogP contribution in [0.25, 0.3) is 0 Å². The number of hydrogen-bond donors (Lipinski definition) is 1. The maximum atomic E-state index is 12.0. The molecule has 122 valence electrons. The van der Waals surface area contributed by atoms with Gasteiger partial charge in [-0.25, -0.2) is 4.79 Å². The summed E-state index contributed by atoms with van der Waals surface area (Å²) in [6.07, 6.45) is 1.52. The largest absolute Gasteiger partial charge is 0.451 e. The fraction of sp³-hybridized carbons (Fsp3) is 0.176. The number of rotatable bonds is 5. The van der Waals surface area contributed by atoms with E-state index in [4.69, 9.17) is 10.00 Å². The minimum atomic E-state index is -0.703. The fourth-order valence-electron chi connectivity index (χ4n) is 2.03. The van der Waals surface area contributed by atoms with Crippen molar-refractivity contribution in [1.82, 2.24) is 4.57 Å². The molecular weight excluding hydrogens is 310 g/mol. The number of nitriles is 1. The van der Waals surface area contributed by atoms with Crippen molar-refractivity contribution in [3.8, 4) is 6.07 Å². The number of anilines is 1. The molecule has 1 amide bonds. The number of Topliss-reactive ketones (excluding diaryl/α,β-unsaturated/α-hetero) is 1. The quantitative estimate of drug-likeness (QED) is 0.668. The number of amides is 1. The Morgan fingerprint density at radius 1 is 1.29 bits per heavy atom. The first-order chi connectivity index (χ1) is 11.4. The number of esters is 1. The first kappa shape index (κ1) is 17.0. The summed E-state index contributed by atoms with van der Waals surface area (Å²) in [5, 5.41) is 11.3. The maximum Gasteiger partial charge on any atom is 0.355 e. The molecule has 0 fully saturated rings. The lowest BCUT2D eigenvalue weighted by molar-refractivity contribution is -0.119. The van der Waals surface area contributed by atoms with Crippen LogP contribution < -0.4 is 5.32 Å². The third-order valence-corrected chi connectivity index (χ3v) is 3.23. The van der Waals surface area contributed by atoms with E-state index in [0.717, 1.165) is 0 Å². The molecular formula is C17H15N3O4. The second kappa shape index (κ2) is 7.24. The molecule has 7 heteroatoms. The molecule has 0 aliphatic rings. The summed E-state index contributed by atoms with van der Waals surface area (Å²) < 4.78 is 6.41. The fourth-order valence-corrected chi connectivity index (χ4v) is 2.03. The lowest BCUT2D eigenvalue weighted by Gasteiger charge is -2.07. The number of nitrogens with one attached hydrogen (secondary N) is 1. The van der Waals surface area contributed by atoms with Crippen LogP contribution in [0.3, 0.4) is 0 Å². The number of aromatic nitrogens is 1. The highest BCUT2D eigenvalue weighted by molar-refractivity contribution is 5.99. The van der Waals surface area contributed by atoms with E-state index in [1.54, 1.807) is 25.2 Å². The number of ether oxygens (including phenoxy) is 1. The highest BCUT2D eigenvalue weighted by Crippen LogP contribution is 2.11. The summed E-state index contributed by atoms with van der Waals surface area (Å²) in [6.45, 7) is 0.920. The monoisotopic (exact) mass is 325 g/mol. The molecule has 0 aliphatic heterocycles. The smallest absolute Gasteiger partial charge is 0.355 e. The van der Waals surface area contributed by atoms with Gasteiger partial charge in [0.1, 0.15) is 5.69 Å². The van der Waals surface area contributed by atoms with E-state index in [0.29, 0.717) is 16.8 Å². The van der Waals surface area contributed by atoms with Crippen LogP contribution in [-0.4, -0.2) is 28.8 Å². The van der Waals surface area contributed by atoms with Crippen LogP contribution in [0.1, 0.15) is 33.3 Å². The van der Waals surface area contributed by atoms with Crippen LogP contribution in [0.2, 0.25) is 0 Å². The Morgan fingerprint density at radius 2 is 2.04 bits per heavy atom. The third-order valence-electron chi connectivity index (χ3n) is 3.23. The summed E-state index contributed by atoms with van der Waals surface area (Å²) in [7, 11) is 1.61. The first-order valence-electron chi connectivity index (χ1n) is 7.05. The van der Waals surface area contributed by atoms with E-state index in [-0.39, 0.29) is 11.5 Å². The van der Waals surface area contributed by atoms with Gasteiger partial charge in [-0.2, -0.15) is 5.26 Å². The molecule has 1 aromatic carbocycles. The number of carbonyl (C=O) groups is 3. The predicted octanol–water partition coefficient (Wildman–Crippen LogP) is 1.89. The summed E-state index contributed by atoms with van der Waals surface area (Å²) in [6, 6.07) is 9.75. The van der Waals surface area contributed by atoms with Gasteiger partial charge < -0.3 is 14.6 Å². The minimum absolute atomic E-state index is 0.167. The van der Waals surface area contributed by atoms with Gasteiger partial charge in [-0.15, -0.1) is 0 Å². The molecule has 7 nitrogen and oxygen atoms in total. The van der Waals surface area contributed by atoms with Gasteiger partial charge in [-0.1, -0.05) is 6.07 Å². The summed E-state index contributed by atoms with van der Waals surface area (Å²) in [5.41, 5.74) is 1.42. The Hall–Kier alpha value is -3.40. The van der Waals surface area contributed by atoms with Crippen LogP contribution >= 0.6 is 0 Å². The molecule has 0 spiro atoms. The van der Waals surface area contributed by atoms with E-state index in [2.05, 4.69) is 5.32 Å². The lowest BCUT2D eigenvalue weighted by atomic mass is 10.2. The Morgan fingerprint density at radius 3 is 2.67 bits per heavy atom. The molecule has 0 radical (unpaired) electrons. The van der Waals surface area contributed by atoms with Crippen molar-refractivity contribution in [3.05, 3.63) is 53.3 Å². The zero-order chi connectivity index (χ0) is 17.7. The Kier molecular flexibility index (Phi) is 5.12. The SMILES string of the molecule is CC(=O)c1cc(C(=O)OCC(=O)Nc2cccc(C#N)c2)n(C)c1. The molecule has 0 aliphatic carbocycles. The summed E-state index contributed by atoms with van der Waals surface area (Å²) in [5.74, 6) is -1.40. The van der Waals surface area contributed by atoms with Crippen molar-refractivity contribution in [2.45, 2.75) is 6.92 Å². The van der Waals surface area contributed by atoms with Crippen molar-refractivity contribution in [2.24, 2.45) is 7.05 Å². The van der Waals surface area contributed by atoms with Gasteiger partial charge >= 0.3 is 5.97 Å². The maximum absolute atomic E-state index is 12.0. The Labute approximate surface area is 138 Å².